The molecule has 0 aliphatic carbocycles. The summed E-state index contributed by atoms with van der Waals surface area (Å²) in [5, 5.41) is 4.07. The van der Waals surface area contributed by atoms with Gasteiger partial charge in [0, 0.05) is 18.2 Å². The van der Waals surface area contributed by atoms with E-state index in [4.69, 9.17) is 15.0 Å². The van der Waals surface area contributed by atoms with Gasteiger partial charge < -0.3 is 15.0 Å². The predicted octanol–water partition coefficient (Wildman–Crippen LogP) is 2.48. The van der Waals surface area contributed by atoms with Crippen LogP contribution in [-0.2, 0) is 6.54 Å². The van der Waals surface area contributed by atoms with Crippen molar-refractivity contribution in [1.82, 2.24) is 15.0 Å². The first kappa shape index (κ1) is 17.7. The van der Waals surface area contributed by atoms with Crippen LogP contribution < -0.4 is 10.5 Å². The molecule has 1 aliphatic rings. The van der Waals surface area contributed by atoms with Gasteiger partial charge in [-0.15, -0.1) is 12.4 Å². The van der Waals surface area contributed by atoms with Crippen LogP contribution in [0.15, 0.2) is 28.8 Å². The molecule has 7 heteroatoms. The summed E-state index contributed by atoms with van der Waals surface area (Å²) < 4.78 is 10.5. The molecule has 1 saturated heterocycles. The average Bonchev–Trinajstić information content (AvgIpc) is 3.04. The maximum atomic E-state index is 5.85. The van der Waals surface area contributed by atoms with Crippen molar-refractivity contribution in [3.63, 3.8) is 0 Å². The quantitative estimate of drug-likeness (QED) is 0.902. The van der Waals surface area contributed by atoms with E-state index in [0.717, 1.165) is 24.3 Å². The topological polar surface area (TPSA) is 77.4 Å². The van der Waals surface area contributed by atoms with E-state index in [-0.39, 0.29) is 12.4 Å². The number of nitrogens with zero attached hydrogens (tertiary/aromatic N) is 3. The van der Waals surface area contributed by atoms with Gasteiger partial charge in [0.15, 0.2) is 0 Å². The highest BCUT2D eigenvalue weighted by Gasteiger charge is 2.23. The van der Waals surface area contributed by atoms with Crippen LogP contribution in [0.5, 0.6) is 5.75 Å². The summed E-state index contributed by atoms with van der Waals surface area (Å²) in [5.74, 6) is 2.07. The third-order valence-corrected chi connectivity index (χ3v) is 4.18. The molecule has 2 heterocycles. The standard InChI is InChI=1S/C16H22N4O2.ClH/c1-21-14-7-5-12(6-8-14)16-18-15(22-19-16)11-20-9-3-2-4-13(20)10-17;/h5-8,13H,2-4,9-11,17H2,1H3;1H. The molecule has 126 valence electrons. The van der Waals surface area contributed by atoms with Crippen LogP contribution in [0.25, 0.3) is 11.4 Å². The summed E-state index contributed by atoms with van der Waals surface area (Å²) in [6, 6.07) is 8.06. The lowest BCUT2D eigenvalue weighted by Gasteiger charge is -2.33. The minimum Gasteiger partial charge on any atom is -0.497 e. The van der Waals surface area contributed by atoms with Crippen LogP contribution in [0.3, 0.4) is 0 Å². The van der Waals surface area contributed by atoms with Crippen LogP contribution in [0.4, 0.5) is 0 Å². The molecule has 1 atom stereocenters. The Labute approximate surface area is 142 Å². The SMILES string of the molecule is COc1ccc(-c2noc(CN3CCCCC3CN)n2)cc1.Cl. The maximum Gasteiger partial charge on any atom is 0.241 e. The molecule has 1 unspecified atom stereocenters. The Hall–Kier alpha value is -1.63. The number of aromatic nitrogens is 2. The lowest BCUT2D eigenvalue weighted by molar-refractivity contribution is 0.128. The number of hydrogen-bond donors (Lipinski definition) is 1. The Kier molecular flexibility index (Phi) is 6.38. The Morgan fingerprint density at radius 1 is 1.30 bits per heavy atom. The fraction of sp³-hybridized carbons (Fsp3) is 0.500. The molecule has 0 spiro atoms. The molecular formula is C16H23ClN4O2. The molecule has 0 bridgehead atoms. The zero-order chi connectivity index (χ0) is 15.4. The van der Waals surface area contributed by atoms with Crippen molar-refractivity contribution in [2.75, 3.05) is 20.2 Å². The first-order chi connectivity index (χ1) is 10.8. The summed E-state index contributed by atoms with van der Waals surface area (Å²) >= 11 is 0. The van der Waals surface area contributed by atoms with Gasteiger partial charge in [0.1, 0.15) is 5.75 Å². The van der Waals surface area contributed by atoms with Gasteiger partial charge in [-0.25, -0.2) is 0 Å². The van der Waals surface area contributed by atoms with E-state index in [2.05, 4.69) is 15.0 Å². The number of benzene rings is 1. The lowest BCUT2D eigenvalue weighted by atomic mass is 10.0. The van der Waals surface area contributed by atoms with Gasteiger partial charge in [-0.2, -0.15) is 4.98 Å². The van der Waals surface area contributed by atoms with Crippen LogP contribution >= 0.6 is 12.4 Å². The summed E-state index contributed by atoms with van der Waals surface area (Å²) in [6.07, 6.45) is 3.60. The molecule has 1 aromatic heterocycles. The fourth-order valence-corrected chi connectivity index (χ4v) is 2.89. The van der Waals surface area contributed by atoms with Crippen LogP contribution in [-0.4, -0.2) is 41.3 Å². The van der Waals surface area contributed by atoms with Crippen molar-refractivity contribution in [1.29, 1.82) is 0 Å². The average molecular weight is 339 g/mol. The number of piperidine rings is 1. The highest BCUT2D eigenvalue weighted by molar-refractivity contribution is 5.85. The van der Waals surface area contributed by atoms with Crippen molar-refractivity contribution in [3.05, 3.63) is 30.2 Å². The first-order valence-electron chi connectivity index (χ1n) is 7.71. The number of halogens is 1. The van der Waals surface area contributed by atoms with E-state index in [1.165, 1.54) is 12.8 Å². The molecule has 23 heavy (non-hydrogen) atoms. The highest BCUT2D eigenvalue weighted by atomic mass is 35.5. The number of methoxy groups -OCH3 is 1. The van der Waals surface area contributed by atoms with Crippen molar-refractivity contribution in [3.8, 4) is 17.1 Å². The van der Waals surface area contributed by atoms with E-state index in [1.807, 2.05) is 24.3 Å². The summed E-state index contributed by atoms with van der Waals surface area (Å²) in [7, 11) is 1.65. The van der Waals surface area contributed by atoms with Crippen molar-refractivity contribution in [2.45, 2.75) is 31.8 Å². The minimum atomic E-state index is 0. The summed E-state index contributed by atoms with van der Waals surface area (Å²) in [4.78, 5) is 6.84. The van der Waals surface area contributed by atoms with Crippen LogP contribution in [0, 0.1) is 0 Å². The molecule has 0 radical (unpaired) electrons. The Bertz CT molecular complexity index is 602. The van der Waals surface area contributed by atoms with Crippen LogP contribution in [0.2, 0.25) is 0 Å². The molecule has 0 saturated carbocycles. The minimum absolute atomic E-state index is 0. The zero-order valence-corrected chi connectivity index (χ0v) is 14.1. The van der Waals surface area contributed by atoms with Crippen molar-refractivity contribution >= 4 is 12.4 Å². The number of rotatable bonds is 5. The highest BCUT2D eigenvalue weighted by Crippen LogP contribution is 2.22. The summed E-state index contributed by atoms with van der Waals surface area (Å²) in [6.45, 7) is 2.40. The zero-order valence-electron chi connectivity index (χ0n) is 13.3. The number of ether oxygens (including phenoxy) is 1. The number of nitrogens with two attached hydrogens (primary N) is 1. The van der Waals surface area contributed by atoms with Gasteiger partial charge in [0.25, 0.3) is 0 Å². The second kappa shape index (κ2) is 8.29. The summed E-state index contributed by atoms with van der Waals surface area (Å²) in [5.41, 5.74) is 6.77. The van der Waals surface area contributed by atoms with E-state index in [9.17, 15) is 0 Å². The second-order valence-corrected chi connectivity index (χ2v) is 5.60. The second-order valence-electron chi connectivity index (χ2n) is 5.60. The largest absolute Gasteiger partial charge is 0.497 e. The first-order valence-corrected chi connectivity index (χ1v) is 7.71. The normalized spacial score (nSPS) is 18.4. The van der Waals surface area contributed by atoms with E-state index >= 15 is 0 Å². The molecule has 3 rings (SSSR count). The molecule has 1 aliphatic heterocycles. The van der Waals surface area contributed by atoms with Gasteiger partial charge >= 0.3 is 0 Å². The van der Waals surface area contributed by atoms with E-state index in [0.29, 0.717) is 30.8 Å². The van der Waals surface area contributed by atoms with Crippen molar-refractivity contribution in [2.24, 2.45) is 5.73 Å². The van der Waals surface area contributed by atoms with E-state index in [1.54, 1.807) is 7.11 Å². The van der Waals surface area contributed by atoms with Gasteiger partial charge in [0.2, 0.25) is 11.7 Å². The number of hydrogen-bond acceptors (Lipinski definition) is 6. The molecule has 1 aromatic carbocycles. The Balaban J connectivity index is 0.00000192. The number of likely N-dealkylation sites (tertiary alicyclic amines) is 1. The Morgan fingerprint density at radius 3 is 2.78 bits per heavy atom. The molecule has 2 aromatic rings. The van der Waals surface area contributed by atoms with Crippen molar-refractivity contribution < 1.29 is 9.26 Å². The molecular weight excluding hydrogens is 316 g/mol. The van der Waals surface area contributed by atoms with Gasteiger partial charge in [-0.1, -0.05) is 11.6 Å². The van der Waals surface area contributed by atoms with Gasteiger partial charge in [-0.05, 0) is 43.7 Å². The van der Waals surface area contributed by atoms with E-state index < -0.39 is 0 Å². The smallest absolute Gasteiger partial charge is 0.241 e. The third kappa shape index (κ3) is 4.22. The van der Waals surface area contributed by atoms with Gasteiger partial charge in [0.05, 0.1) is 13.7 Å². The predicted molar refractivity (Wildman–Crippen MR) is 90.6 cm³/mol. The molecule has 2 N–H and O–H groups in total. The fourth-order valence-electron chi connectivity index (χ4n) is 2.89. The maximum absolute atomic E-state index is 5.85. The molecule has 6 nitrogen and oxygen atoms in total. The molecule has 0 amide bonds. The monoisotopic (exact) mass is 338 g/mol. The van der Waals surface area contributed by atoms with Crippen LogP contribution in [0.1, 0.15) is 25.2 Å². The lowest BCUT2D eigenvalue weighted by Crippen LogP contribution is -2.43. The third-order valence-electron chi connectivity index (χ3n) is 4.18. The van der Waals surface area contributed by atoms with Gasteiger partial charge in [-0.3, -0.25) is 4.90 Å². The molecule has 1 fully saturated rings. The Morgan fingerprint density at radius 2 is 2.09 bits per heavy atom.